The summed E-state index contributed by atoms with van der Waals surface area (Å²) in [5.74, 6) is 5.92. The highest BCUT2D eigenvalue weighted by molar-refractivity contribution is 5.72. The third kappa shape index (κ3) is 7.59. The van der Waals surface area contributed by atoms with Gasteiger partial charge in [-0.1, -0.05) is 45.5 Å². The minimum atomic E-state index is 0.432. The lowest BCUT2D eigenvalue weighted by atomic mass is 9.99. The molecule has 0 aliphatic rings. The maximum absolute atomic E-state index is 10.0. The lowest BCUT2D eigenvalue weighted by Crippen LogP contribution is -1.95. The molecule has 0 N–H and O–H groups in total. The summed E-state index contributed by atoms with van der Waals surface area (Å²) in [6, 6.07) is 0. The third-order valence-corrected chi connectivity index (χ3v) is 2.25. The summed E-state index contributed by atoms with van der Waals surface area (Å²) in [7, 11) is 0. The van der Waals surface area contributed by atoms with Crippen molar-refractivity contribution in [3.8, 4) is 11.8 Å². The van der Waals surface area contributed by atoms with E-state index in [-0.39, 0.29) is 0 Å². The van der Waals surface area contributed by atoms with Crippen LogP contribution >= 0.6 is 0 Å². The summed E-state index contributed by atoms with van der Waals surface area (Å²) in [5.41, 5.74) is 0. The van der Waals surface area contributed by atoms with Crippen LogP contribution in [0.2, 0.25) is 0 Å². The number of aldehydes is 1. The van der Waals surface area contributed by atoms with Crippen LogP contribution in [0, 0.1) is 17.8 Å². The van der Waals surface area contributed by atoms with Gasteiger partial charge < -0.3 is 0 Å². The topological polar surface area (TPSA) is 17.1 Å². The largest absolute Gasteiger partial charge is 0.289 e. The molecule has 0 fully saturated rings. The third-order valence-electron chi connectivity index (χ3n) is 2.25. The summed E-state index contributed by atoms with van der Waals surface area (Å²) < 4.78 is 0. The van der Waals surface area contributed by atoms with Crippen molar-refractivity contribution in [3.63, 3.8) is 0 Å². The van der Waals surface area contributed by atoms with E-state index in [2.05, 4.69) is 25.7 Å². The Kier molecular flexibility index (Phi) is 8.77. The van der Waals surface area contributed by atoms with E-state index in [1.165, 1.54) is 25.7 Å². The first-order valence-electron chi connectivity index (χ1n) is 5.29. The molecule has 0 aliphatic carbocycles. The summed E-state index contributed by atoms with van der Waals surface area (Å²) in [6.45, 7) is 4.34. The Balaban J connectivity index is 3.53. The van der Waals surface area contributed by atoms with Gasteiger partial charge in [-0.25, -0.2) is 0 Å². The van der Waals surface area contributed by atoms with Gasteiger partial charge in [-0.05, 0) is 18.8 Å². The van der Waals surface area contributed by atoms with Crippen molar-refractivity contribution in [2.75, 3.05) is 0 Å². The molecule has 0 amide bonds. The number of hydrogen-bond donors (Lipinski definition) is 0. The van der Waals surface area contributed by atoms with E-state index in [0.29, 0.717) is 12.2 Å². The maximum Gasteiger partial charge on any atom is 0.192 e. The van der Waals surface area contributed by atoms with Gasteiger partial charge in [0.15, 0.2) is 6.29 Å². The highest BCUT2D eigenvalue weighted by Gasteiger charge is 2.00. The molecule has 1 nitrogen and oxygen atoms in total. The van der Waals surface area contributed by atoms with E-state index in [4.69, 9.17) is 0 Å². The quantitative estimate of drug-likeness (QED) is 0.348. The predicted molar refractivity (Wildman–Crippen MR) is 56.4 cm³/mol. The van der Waals surface area contributed by atoms with Crippen LogP contribution in [-0.4, -0.2) is 6.29 Å². The zero-order chi connectivity index (χ0) is 9.94. The number of hydrogen-bond acceptors (Lipinski definition) is 1. The molecule has 0 saturated heterocycles. The van der Waals surface area contributed by atoms with Crippen LogP contribution in [0.5, 0.6) is 0 Å². The lowest BCUT2D eigenvalue weighted by Gasteiger charge is -2.06. The Bertz CT molecular complexity index is 173. The van der Waals surface area contributed by atoms with Crippen LogP contribution in [-0.2, 0) is 4.79 Å². The smallest absolute Gasteiger partial charge is 0.192 e. The van der Waals surface area contributed by atoms with Gasteiger partial charge in [0, 0.05) is 5.92 Å². The van der Waals surface area contributed by atoms with Gasteiger partial charge in [-0.2, -0.15) is 0 Å². The monoisotopic (exact) mass is 180 g/mol. The first-order chi connectivity index (χ1) is 6.35. The summed E-state index contributed by atoms with van der Waals surface area (Å²) in [6.07, 6.45) is 8.04. The molecule has 0 aromatic rings. The van der Waals surface area contributed by atoms with Gasteiger partial charge in [0.05, 0.1) is 0 Å². The molecule has 1 unspecified atom stereocenters. The molecule has 0 spiro atoms. The van der Waals surface area contributed by atoms with Crippen LogP contribution in [0.4, 0.5) is 0 Å². The van der Waals surface area contributed by atoms with Crippen LogP contribution in [0.15, 0.2) is 0 Å². The second-order valence-electron chi connectivity index (χ2n) is 3.36. The number of unbranched alkanes of at least 4 members (excludes halogenated alkanes) is 3. The van der Waals surface area contributed by atoms with E-state index >= 15 is 0 Å². The molecular weight excluding hydrogens is 160 g/mol. The van der Waals surface area contributed by atoms with Crippen LogP contribution in [0.25, 0.3) is 0 Å². The van der Waals surface area contributed by atoms with Gasteiger partial charge in [-0.3, -0.25) is 4.79 Å². The van der Waals surface area contributed by atoms with Crippen molar-refractivity contribution in [2.45, 2.75) is 52.4 Å². The van der Waals surface area contributed by atoms with E-state index in [1.807, 2.05) is 0 Å². The van der Waals surface area contributed by atoms with Crippen molar-refractivity contribution < 1.29 is 4.79 Å². The molecule has 0 bridgehead atoms. The predicted octanol–water partition coefficient (Wildman–Crippen LogP) is 3.19. The summed E-state index contributed by atoms with van der Waals surface area (Å²) in [4.78, 5) is 10.0. The van der Waals surface area contributed by atoms with Gasteiger partial charge in [0.1, 0.15) is 0 Å². The van der Waals surface area contributed by atoms with Crippen LogP contribution in [0.3, 0.4) is 0 Å². The average Bonchev–Trinajstić information content (AvgIpc) is 2.17. The zero-order valence-electron chi connectivity index (χ0n) is 8.81. The van der Waals surface area contributed by atoms with Gasteiger partial charge in [0.25, 0.3) is 0 Å². The summed E-state index contributed by atoms with van der Waals surface area (Å²) >= 11 is 0. The number of carbonyl (C=O) groups is 1. The second kappa shape index (κ2) is 9.32. The SMILES string of the molecule is CCCCCCC(C#CC=O)CC. The Morgan fingerprint density at radius 2 is 2.00 bits per heavy atom. The molecule has 13 heavy (non-hydrogen) atoms. The molecule has 0 aromatic carbocycles. The van der Waals surface area contributed by atoms with Gasteiger partial charge in [-0.15, -0.1) is 0 Å². The maximum atomic E-state index is 10.0. The van der Waals surface area contributed by atoms with Gasteiger partial charge >= 0.3 is 0 Å². The molecule has 1 heteroatoms. The normalized spacial score (nSPS) is 11.5. The van der Waals surface area contributed by atoms with Crippen molar-refractivity contribution in [3.05, 3.63) is 0 Å². The minimum absolute atomic E-state index is 0.432. The molecule has 0 aliphatic heterocycles. The molecule has 0 heterocycles. The molecule has 0 radical (unpaired) electrons. The van der Waals surface area contributed by atoms with Crippen LogP contribution < -0.4 is 0 Å². The Morgan fingerprint density at radius 1 is 1.23 bits per heavy atom. The lowest BCUT2D eigenvalue weighted by molar-refractivity contribution is -0.103. The number of carbonyl (C=O) groups excluding carboxylic acids is 1. The van der Waals surface area contributed by atoms with E-state index in [1.54, 1.807) is 0 Å². The van der Waals surface area contributed by atoms with E-state index in [9.17, 15) is 4.79 Å². The van der Waals surface area contributed by atoms with E-state index in [0.717, 1.165) is 12.8 Å². The summed E-state index contributed by atoms with van der Waals surface area (Å²) in [5, 5.41) is 0. The number of rotatable bonds is 6. The van der Waals surface area contributed by atoms with Gasteiger partial charge in [0.2, 0.25) is 0 Å². The highest BCUT2D eigenvalue weighted by atomic mass is 16.1. The molecular formula is C12H20O. The van der Waals surface area contributed by atoms with Crippen molar-refractivity contribution in [1.29, 1.82) is 0 Å². The molecule has 0 rings (SSSR count). The molecule has 74 valence electrons. The fraction of sp³-hybridized carbons (Fsp3) is 0.750. The molecule has 0 aromatic heterocycles. The Hall–Kier alpha value is -0.770. The van der Waals surface area contributed by atoms with Crippen LogP contribution in [0.1, 0.15) is 52.4 Å². The van der Waals surface area contributed by atoms with Crippen molar-refractivity contribution in [2.24, 2.45) is 5.92 Å². The fourth-order valence-electron chi connectivity index (χ4n) is 1.35. The average molecular weight is 180 g/mol. The molecule has 1 atom stereocenters. The fourth-order valence-corrected chi connectivity index (χ4v) is 1.35. The van der Waals surface area contributed by atoms with Crippen molar-refractivity contribution >= 4 is 6.29 Å². The van der Waals surface area contributed by atoms with Crippen molar-refractivity contribution in [1.82, 2.24) is 0 Å². The second-order valence-corrected chi connectivity index (χ2v) is 3.36. The minimum Gasteiger partial charge on any atom is -0.289 e. The first-order valence-corrected chi connectivity index (χ1v) is 5.29. The standard InChI is InChI=1S/C12H20O/c1-3-5-6-7-9-12(4-2)10-8-11-13/h11-12H,3-7,9H2,1-2H3. The first kappa shape index (κ1) is 12.2. The molecule has 0 saturated carbocycles. The Labute approximate surface area is 81.9 Å². The highest BCUT2D eigenvalue weighted by Crippen LogP contribution is 2.12. The Morgan fingerprint density at radius 3 is 2.54 bits per heavy atom. The zero-order valence-corrected chi connectivity index (χ0v) is 8.81. The van der Waals surface area contributed by atoms with E-state index < -0.39 is 0 Å².